The number of hydrogen-bond donors (Lipinski definition) is 2. The Morgan fingerprint density at radius 1 is 0.833 bits per heavy atom. The highest BCUT2D eigenvalue weighted by atomic mass is 15.3. The third-order valence-electron chi connectivity index (χ3n) is 6.55. The van der Waals surface area contributed by atoms with Gasteiger partial charge in [0.05, 0.1) is 28.9 Å². The summed E-state index contributed by atoms with van der Waals surface area (Å²) in [5.74, 6) is 0.769. The second-order valence-corrected chi connectivity index (χ2v) is 9.57. The molecule has 4 aromatic heterocycles. The van der Waals surface area contributed by atoms with Gasteiger partial charge in [0.1, 0.15) is 0 Å². The fraction of sp³-hybridized carbons (Fsp3) is 0.250. The highest BCUT2D eigenvalue weighted by Crippen LogP contribution is 2.31. The molecular weight excluding hydrogens is 448 g/mol. The van der Waals surface area contributed by atoms with E-state index in [0.29, 0.717) is 12.1 Å². The fourth-order valence-corrected chi connectivity index (χ4v) is 4.95. The topological polar surface area (TPSA) is 95.5 Å². The van der Waals surface area contributed by atoms with Crippen LogP contribution in [0.3, 0.4) is 0 Å². The third kappa shape index (κ3) is 4.31. The molecule has 1 aliphatic heterocycles. The van der Waals surface area contributed by atoms with E-state index in [1.54, 1.807) is 6.33 Å². The molecule has 6 rings (SSSR count). The lowest BCUT2D eigenvalue weighted by atomic mass is 10.0. The summed E-state index contributed by atoms with van der Waals surface area (Å²) >= 11 is 0. The zero-order chi connectivity index (χ0) is 24.6. The van der Waals surface area contributed by atoms with E-state index in [0.717, 1.165) is 69.4 Å². The first-order valence-electron chi connectivity index (χ1n) is 12.2. The van der Waals surface area contributed by atoms with Crippen LogP contribution in [0.5, 0.6) is 0 Å². The average molecular weight is 477 g/mol. The molecule has 8 heteroatoms. The Morgan fingerprint density at radius 3 is 2.36 bits per heavy atom. The van der Waals surface area contributed by atoms with Gasteiger partial charge >= 0.3 is 0 Å². The molecule has 0 spiro atoms. The number of pyridine rings is 2. The van der Waals surface area contributed by atoms with Crippen molar-refractivity contribution in [2.24, 2.45) is 0 Å². The number of benzene rings is 1. The number of aryl methyl sites for hydroxylation is 1. The van der Waals surface area contributed by atoms with Crippen LogP contribution >= 0.6 is 0 Å². The molecule has 1 saturated heterocycles. The summed E-state index contributed by atoms with van der Waals surface area (Å²) < 4.78 is 0. The number of rotatable bonds is 4. The van der Waals surface area contributed by atoms with Crippen LogP contribution in [0, 0.1) is 6.92 Å². The smallest absolute Gasteiger partial charge is 0.225 e. The van der Waals surface area contributed by atoms with E-state index in [-0.39, 0.29) is 0 Å². The standard InChI is InChI=1S/C28H28N8/c1-17-5-4-6-25(35-17)27-26(32-16-33-27)20-7-8-24-21(9-20)10-22(11-29-24)23-12-30-28(31-13-23)36-14-18(2)34-19(3)15-36/h4-13,16,18-19,34H,14-15H2,1-3H3,(H,32,33)/t18-,19+. The molecule has 1 aromatic carbocycles. The summed E-state index contributed by atoms with van der Waals surface area (Å²) in [5, 5.41) is 4.58. The van der Waals surface area contributed by atoms with E-state index < -0.39 is 0 Å². The predicted octanol–water partition coefficient (Wildman–Crippen LogP) is 4.64. The lowest BCUT2D eigenvalue weighted by Gasteiger charge is -2.36. The first kappa shape index (κ1) is 22.3. The van der Waals surface area contributed by atoms with Crippen molar-refractivity contribution in [3.05, 3.63) is 73.1 Å². The fourth-order valence-electron chi connectivity index (χ4n) is 4.95. The molecule has 0 unspecified atom stereocenters. The maximum Gasteiger partial charge on any atom is 0.225 e. The maximum atomic E-state index is 4.69. The second-order valence-electron chi connectivity index (χ2n) is 9.57. The van der Waals surface area contributed by atoms with Crippen LogP contribution in [0.2, 0.25) is 0 Å². The molecule has 1 fully saturated rings. The Hall–Kier alpha value is -4.17. The third-order valence-corrected chi connectivity index (χ3v) is 6.55. The molecule has 1 aliphatic rings. The van der Waals surface area contributed by atoms with E-state index in [1.165, 1.54) is 0 Å². The number of anilines is 1. The summed E-state index contributed by atoms with van der Waals surface area (Å²) in [6.45, 7) is 8.17. The number of aromatic nitrogens is 6. The van der Waals surface area contributed by atoms with Crippen molar-refractivity contribution < 1.29 is 0 Å². The number of nitrogens with one attached hydrogen (secondary N) is 2. The van der Waals surface area contributed by atoms with Crippen LogP contribution in [-0.2, 0) is 0 Å². The van der Waals surface area contributed by atoms with Crippen molar-refractivity contribution in [2.45, 2.75) is 32.9 Å². The van der Waals surface area contributed by atoms with Crippen LogP contribution in [0.15, 0.2) is 67.4 Å². The van der Waals surface area contributed by atoms with Crippen LogP contribution in [0.25, 0.3) is 44.7 Å². The van der Waals surface area contributed by atoms with Crippen molar-refractivity contribution >= 4 is 16.9 Å². The molecule has 0 bridgehead atoms. The minimum Gasteiger partial charge on any atom is -0.343 e. The number of imidazole rings is 1. The molecule has 5 heterocycles. The number of nitrogens with zero attached hydrogens (tertiary/aromatic N) is 6. The predicted molar refractivity (Wildman–Crippen MR) is 143 cm³/mol. The van der Waals surface area contributed by atoms with E-state index >= 15 is 0 Å². The number of aromatic amines is 1. The molecule has 0 saturated carbocycles. The van der Waals surface area contributed by atoms with Gasteiger partial charge in [-0.15, -0.1) is 0 Å². The van der Waals surface area contributed by atoms with Crippen LogP contribution in [0.4, 0.5) is 5.95 Å². The first-order chi connectivity index (χ1) is 17.5. The van der Waals surface area contributed by atoms with E-state index in [4.69, 9.17) is 0 Å². The zero-order valence-electron chi connectivity index (χ0n) is 20.6. The lowest BCUT2D eigenvalue weighted by Crippen LogP contribution is -2.54. The van der Waals surface area contributed by atoms with E-state index in [1.807, 2.05) is 49.8 Å². The first-order valence-corrected chi connectivity index (χ1v) is 12.2. The molecule has 2 atom stereocenters. The van der Waals surface area contributed by atoms with Gasteiger partial charge < -0.3 is 15.2 Å². The van der Waals surface area contributed by atoms with Gasteiger partial charge in [-0.1, -0.05) is 12.1 Å². The molecule has 180 valence electrons. The summed E-state index contributed by atoms with van der Waals surface area (Å²) in [6, 6.07) is 15.2. The Balaban J connectivity index is 1.31. The lowest BCUT2D eigenvalue weighted by molar-refractivity contribution is 0.403. The Kier molecular flexibility index (Phi) is 5.65. The van der Waals surface area contributed by atoms with Gasteiger partial charge in [0, 0.05) is 71.5 Å². The quantitative estimate of drug-likeness (QED) is 0.390. The Bertz CT molecular complexity index is 1510. The normalized spacial score (nSPS) is 18.0. The van der Waals surface area contributed by atoms with Crippen LogP contribution in [-0.4, -0.2) is 55.1 Å². The van der Waals surface area contributed by atoms with Gasteiger partial charge in [0.25, 0.3) is 0 Å². The minimum absolute atomic E-state index is 0.410. The number of piperazine rings is 1. The van der Waals surface area contributed by atoms with E-state index in [2.05, 4.69) is 72.2 Å². The number of fused-ring (bicyclic) bond motifs is 1. The Labute approximate surface area is 209 Å². The SMILES string of the molecule is Cc1cccc(-c2[nH]cnc2-c2ccc3ncc(-c4cnc(N5C[C@@H](C)N[C@@H](C)C5)nc4)cc3c2)n1. The average Bonchev–Trinajstić information content (AvgIpc) is 3.38. The summed E-state index contributed by atoms with van der Waals surface area (Å²) in [5.41, 5.74) is 7.48. The van der Waals surface area contributed by atoms with Gasteiger partial charge in [0.2, 0.25) is 5.95 Å². The van der Waals surface area contributed by atoms with Gasteiger partial charge in [0.15, 0.2) is 0 Å². The minimum atomic E-state index is 0.410. The zero-order valence-corrected chi connectivity index (χ0v) is 20.6. The molecule has 0 aliphatic carbocycles. The van der Waals surface area contributed by atoms with Gasteiger partial charge in [-0.25, -0.2) is 15.0 Å². The van der Waals surface area contributed by atoms with Gasteiger partial charge in [-0.2, -0.15) is 0 Å². The van der Waals surface area contributed by atoms with Crippen LogP contribution < -0.4 is 10.2 Å². The molecule has 8 nitrogen and oxygen atoms in total. The molecular formula is C28H28N8. The van der Waals surface area contributed by atoms with Crippen molar-refractivity contribution in [1.82, 2.24) is 35.2 Å². The number of H-pyrrole nitrogens is 1. The molecule has 2 N–H and O–H groups in total. The molecule has 0 radical (unpaired) electrons. The summed E-state index contributed by atoms with van der Waals surface area (Å²) in [7, 11) is 0. The van der Waals surface area contributed by atoms with Crippen molar-refractivity contribution in [3.63, 3.8) is 0 Å². The Morgan fingerprint density at radius 2 is 1.58 bits per heavy atom. The monoisotopic (exact) mass is 476 g/mol. The van der Waals surface area contributed by atoms with Crippen molar-refractivity contribution in [3.8, 4) is 33.8 Å². The second kappa shape index (κ2) is 9.13. The molecule has 36 heavy (non-hydrogen) atoms. The summed E-state index contributed by atoms with van der Waals surface area (Å²) in [6.07, 6.45) is 7.38. The van der Waals surface area contributed by atoms with Gasteiger partial charge in [-0.05, 0) is 51.1 Å². The highest BCUT2D eigenvalue weighted by molar-refractivity contribution is 5.89. The van der Waals surface area contributed by atoms with Crippen molar-refractivity contribution in [1.29, 1.82) is 0 Å². The molecule has 0 amide bonds. The maximum absolute atomic E-state index is 4.69. The largest absolute Gasteiger partial charge is 0.343 e. The molecule has 5 aromatic rings. The van der Waals surface area contributed by atoms with E-state index in [9.17, 15) is 0 Å². The van der Waals surface area contributed by atoms with Gasteiger partial charge in [-0.3, -0.25) is 9.97 Å². The number of hydrogen-bond acceptors (Lipinski definition) is 7. The summed E-state index contributed by atoms with van der Waals surface area (Å²) in [4.78, 5) is 28.8. The van der Waals surface area contributed by atoms with Crippen LogP contribution in [0.1, 0.15) is 19.5 Å². The van der Waals surface area contributed by atoms with Crippen molar-refractivity contribution in [2.75, 3.05) is 18.0 Å². The highest BCUT2D eigenvalue weighted by Gasteiger charge is 2.22.